The molecule has 2 aromatic heterocycles. The number of benzene rings is 1. The van der Waals surface area contributed by atoms with Crippen molar-refractivity contribution in [3.8, 4) is 0 Å². The fourth-order valence-corrected chi connectivity index (χ4v) is 4.40. The molecule has 0 spiro atoms. The van der Waals surface area contributed by atoms with Crippen molar-refractivity contribution in [1.82, 2.24) is 4.98 Å². The standard InChI is InChI=1S/C20H20ClNS/c1-4-5-16-12-23-20-11-15(7-9-18(16)20)6-8-17-14(3)22-13(2)10-19(17)21/h4,7,9-12H,1,5-6,8H2,2-3H3. The van der Waals surface area contributed by atoms with Crippen LogP contribution in [0.25, 0.3) is 10.1 Å². The summed E-state index contributed by atoms with van der Waals surface area (Å²) in [5.74, 6) is 0. The number of fused-ring (bicyclic) bond motifs is 1. The summed E-state index contributed by atoms with van der Waals surface area (Å²) in [5, 5.41) is 4.42. The fourth-order valence-electron chi connectivity index (χ4n) is 2.97. The van der Waals surface area contributed by atoms with Gasteiger partial charge in [-0.3, -0.25) is 4.98 Å². The van der Waals surface area contributed by atoms with E-state index in [4.69, 9.17) is 11.6 Å². The normalized spacial score (nSPS) is 11.1. The first-order valence-electron chi connectivity index (χ1n) is 7.81. The zero-order valence-corrected chi connectivity index (χ0v) is 15.1. The van der Waals surface area contributed by atoms with Gasteiger partial charge in [-0.2, -0.15) is 0 Å². The molecule has 1 nitrogen and oxygen atoms in total. The number of aromatic nitrogens is 1. The topological polar surface area (TPSA) is 12.9 Å². The van der Waals surface area contributed by atoms with Gasteiger partial charge in [-0.25, -0.2) is 0 Å². The van der Waals surface area contributed by atoms with E-state index in [1.165, 1.54) is 21.2 Å². The number of allylic oxidation sites excluding steroid dienone is 1. The molecule has 0 saturated carbocycles. The van der Waals surface area contributed by atoms with E-state index in [2.05, 4.69) is 35.1 Å². The summed E-state index contributed by atoms with van der Waals surface area (Å²) in [6, 6.07) is 8.72. The van der Waals surface area contributed by atoms with E-state index in [0.29, 0.717) is 0 Å². The number of aryl methyl sites for hydroxylation is 3. The summed E-state index contributed by atoms with van der Waals surface area (Å²) in [7, 11) is 0. The van der Waals surface area contributed by atoms with Gasteiger partial charge in [0.05, 0.1) is 0 Å². The molecular formula is C20H20ClNS. The predicted octanol–water partition coefficient (Wildman–Crippen LogP) is 6.08. The molecule has 0 aliphatic rings. The van der Waals surface area contributed by atoms with Crippen LogP contribution >= 0.6 is 22.9 Å². The van der Waals surface area contributed by atoms with Crippen LogP contribution in [-0.2, 0) is 19.3 Å². The van der Waals surface area contributed by atoms with Crippen LogP contribution in [0.15, 0.2) is 42.3 Å². The predicted molar refractivity (Wildman–Crippen MR) is 102 cm³/mol. The van der Waals surface area contributed by atoms with Crippen LogP contribution in [0.1, 0.15) is 28.1 Å². The van der Waals surface area contributed by atoms with Gasteiger partial charge in [-0.05, 0) is 72.7 Å². The first kappa shape index (κ1) is 16.2. The van der Waals surface area contributed by atoms with Crippen LogP contribution in [0.2, 0.25) is 5.02 Å². The van der Waals surface area contributed by atoms with Gasteiger partial charge in [0.25, 0.3) is 0 Å². The molecule has 0 atom stereocenters. The SMILES string of the molecule is C=CCc1csc2cc(CCc3c(Cl)cc(C)nc3C)ccc12. The van der Waals surface area contributed by atoms with E-state index in [-0.39, 0.29) is 0 Å². The van der Waals surface area contributed by atoms with Crippen LogP contribution in [0, 0.1) is 13.8 Å². The van der Waals surface area contributed by atoms with Gasteiger partial charge in [0.1, 0.15) is 0 Å². The molecule has 0 aliphatic carbocycles. The second kappa shape index (κ2) is 6.86. The Kier molecular flexibility index (Phi) is 4.84. The van der Waals surface area contributed by atoms with Crippen molar-refractivity contribution >= 4 is 33.0 Å². The van der Waals surface area contributed by atoms with Gasteiger partial charge in [0, 0.05) is 21.1 Å². The first-order valence-corrected chi connectivity index (χ1v) is 9.06. The highest BCUT2D eigenvalue weighted by atomic mass is 35.5. The monoisotopic (exact) mass is 341 g/mol. The lowest BCUT2D eigenvalue weighted by molar-refractivity contribution is 0.925. The van der Waals surface area contributed by atoms with Crippen molar-refractivity contribution in [3.05, 3.63) is 75.4 Å². The van der Waals surface area contributed by atoms with E-state index in [0.717, 1.165) is 41.2 Å². The Morgan fingerprint density at radius 3 is 2.78 bits per heavy atom. The molecule has 0 amide bonds. The largest absolute Gasteiger partial charge is 0.258 e. The van der Waals surface area contributed by atoms with E-state index < -0.39 is 0 Å². The molecule has 0 unspecified atom stereocenters. The molecule has 118 valence electrons. The zero-order chi connectivity index (χ0) is 16.4. The molecule has 0 radical (unpaired) electrons. The average molecular weight is 342 g/mol. The van der Waals surface area contributed by atoms with Gasteiger partial charge in [0.2, 0.25) is 0 Å². The fraction of sp³-hybridized carbons (Fsp3) is 0.250. The van der Waals surface area contributed by atoms with E-state index in [1.54, 1.807) is 0 Å². The number of hydrogen-bond acceptors (Lipinski definition) is 2. The van der Waals surface area contributed by atoms with Crippen molar-refractivity contribution in [2.45, 2.75) is 33.1 Å². The third-order valence-electron chi connectivity index (χ3n) is 4.15. The summed E-state index contributed by atoms with van der Waals surface area (Å²) < 4.78 is 1.35. The third kappa shape index (κ3) is 3.49. The smallest absolute Gasteiger partial charge is 0.0474 e. The molecule has 1 aromatic carbocycles. The minimum absolute atomic E-state index is 0.834. The first-order chi connectivity index (χ1) is 11.1. The summed E-state index contributed by atoms with van der Waals surface area (Å²) in [6.45, 7) is 7.85. The van der Waals surface area contributed by atoms with E-state index >= 15 is 0 Å². The molecule has 3 rings (SSSR count). The Labute approximate surface area is 146 Å². The Bertz CT molecular complexity index is 840. The molecule has 0 bridgehead atoms. The second-order valence-corrected chi connectivity index (χ2v) is 7.21. The number of pyridine rings is 1. The Hall–Kier alpha value is -1.64. The number of hydrogen-bond donors (Lipinski definition) is 0. The molecule has 0 fully saturated rings. The Morgan fingerprint density at radius 2 is 2.04 bits per heavy atom. The molecule has 2 heterocycles. The van der Waals surface area contributed by atoms with E-state index in [9.17, 15) is 0 Å². The van der Waals surface area contributed by atoms with Crippen LogP contribution in [0.5, 0.6) is 0 Å². The lowest BCUT2D eigenvalue weighted by Gasteiger charge is -2.09. The van der Waals surface area contributed by atoms with Crippen molar-refractivity contribution < 1.29 is 0 Å². The molecule has 23 heavy (non-hydrogen) atoms. The average Bonchev–Trinajstić information content (AvgIpc) is 2.89. The second-order valence-electron chi connectivity index (χ2n) is 5.89. The lowest BCUT2D eigenvalue weighted by atomic mass is 10.0. The quantitative estimate of drug-likeness (QED) is 0.512. The number of nitrogens with zero attached hydrogens (tertiary/aromatic N) is 1. The summed E-state index contributed by atoms with van der Waals surface area (Å²) in [6.07, 6.45) is 4.80. The lowest BCUT2D eigenvalue weighted by Crippen LogP contribution is -1.99. The molecule has 0 N–H and O–H groups in total. The van der Waals surface area contributed by atoms with Crippen molar-refractivity contribution in [3.63, 3.8) is 0 Å². The van der Waals surface area contributed by atoms with Crippen molar-refractivity contribution in [2.75, 3.05) is 0 Å². The van der Waals surface area contributed by atoms with Gasteiger partial charge in [-0.1, -0.05) is 29.8 Å². The summed E-state index contributed by atoms with van der Waals surface area (Å²) in [4.78, 5) is 4.53. The molecule has 3 aromatic rings. The number of thiophene rings is 1. The van der Waals surface area contributed by atoms with E-state index in [1.807, 2.05) is 37.3 Å². The number of halogens is 1. The maximum absolute atomic E-state index is 6.39. The molecule has 3 heteroatoms. The van der Waals surface area contributed by atoms with Crippen LogP contribution in [0.3, 0.4) is 0 Å². The van der Waals surface area contributed by atoms with Crippen LogP contribution < -0.4 is 0 Å². The summed E-state index contributed by atoms with van der Waals surface area (Å²) >= 11 is 8.20. The van der Waals surface area contributed by atoms with Gasteiger partial charge >= 0.3 is 0 Å². The highest BCUT2D eigenvalue weighted by Gasteiger charge is 2.08. The van der Waals surface area contributed by atoms with Crippen LogP contribution in [-0.4, -0.2) is 4.98 Å². The molecule has 0 aliphatic heterocycles. The van der Waals surface area contributed by atoms with Crippen molar-refractivity contribution in [2.24, 2.45) is 0 Å². The van der Waals surface area contributed by atoms with Gasteiger partial charge < -0.3 is 0 Å². The number of rotatable bonds is 5. The molecule has 0 saturated heterocycles. The maximum atomic E-state index is 6.39. The molecular weight excluding hydrogens is 322 g/mol. The van der Waals surface area contributed by atoms with Crippen molar-refractivity contribution in [1.29, 1.82) is 0 Å². The highest BCUT2D eigenvalue weighted by Crippen LogP contribution is 2.28. The van der Waals surface area contributed by atoms with Crippen LogP contribution in [0.4, 0.5) is 0 Å². The summed E-state index contributed by atoms with van der Waals surface area (Å²) in [5.41, 5.74) is 5.90. The minimum atomic E-state index is 0.834. The zero-order valence-electron chi connectivity index (χ0n) is 13.5. The van der Waals surface area contributed by atoms with Gasteiger partial charge in [0.15, 0.2) is 0 Å². The van der Waals surface area contributed by atoms with Gasteiger partial charge in [-0.15, -0.1) is 17.9 Å². The minimum Gasteiger partial charge on any atom is -0.258 e. The Balaban J connectivity index is 1.81. The maximum Gasteiger partial charge on any atom is 0.0474 e. The third-order valence-corrected chi connectivity index (χ3v) is 5.48. The Morgan fingerprint density at radius 1 is 1.22 bits per heavy atom. The highest BCUT2D eigenvalue weighted by molar-refractivity contribution is 7.17.